The smallest absolute Gasteiger partial charge is 0.0535 e. The second-order valence-electron chi connectivity index (χ2n) is 10.3. The van der Waals surface area contributed by atoms with E-state index in [1.807, 2.05) is 6.20 Å². The van der Waals surface area contributed by atoms with Crippen LogP contribution < -0.4 is 4.90 Å². The molecule has 35 heavy (non-hydrogen) atoms. The van der Waals surface area contributed by atoms with Crippen LogP contribution in [0.15, 0.2) is 85.2 Å². The van der Waals surface area contributed by atoms with Gasteiger partial charge in [-0.25, -0.2) is 0 Å². The van der Waals surface area contributed by atoms with E-state index in [9.17, 15) is 0 Å². The van der Waals surface area contributed by atoms with Gasteiger partial charge in [0.2, 0.25) is 0 Å². The van der Waals surface area contributed by atoms with Crippen LogP contribution in [0.2, 0.25) is 0 Å². The lowest BCUT2D eigenvalue weighted by atomic mass is 9.82. The van der Waals surface area contributed by atoms with Crippen LogP contribution in [-0.4, -0.2) is 4.98 Å². The molecule has 2 aliphatic carbocycles. The molecule has 9 rings (SSSR count). The van der Waals surface area contributed by atoms with E-state index in [-0.39, 0.29) is 0 Å². The molecule has 5 aromatic rings. The van der Waals surface area contributed by atoms with Gasteiger partial charge in [0.1, 0.15) is 0 Å². The number of hydrogen-bond acceptors (Lipinski definition) is 2. The summed E-state index contributed by atoms with van der Waals surface area (Å²) in [6.07, 6.45) is 8.04. The standard InChI is InChI=1S/C33H22N2/c1-3-7-24-19(5-1)14-27-25(24)10-9-21-15-26-28(32(21)27)16-22-13-20-6-2-4-8-30(20)35-31-11-12-34-18-23(31)17-29(26)33(22)35/h1-12,16,18H,13-15,17H2. The molecule has 0 saturated carbocycles. The number of hydrogen-bond donors (Lipinski definition) is 0. The number of aromatic nitrogens is 1. The highest BCUT2D eigenvalue weighted by Gasteiger charge is 2.37. The Morgan fingerprint density at radius 3 is 2.31 bits per heavy atom. The second-order valence-corrected chi connectivity index (χ2v) is 10.3. The second kappa shape index (κ2) is 6.28. The Morgan fingerprint density at radius 1 is 0.543 bits per heavy atom. The van der Waals surface area contributed by atoms with Crippen molar-refractivity contribution in [1.82, 2.24) is 4.98 Å². The minimum atomic E-state index is 0.962. The van der Waals surface area contributed by atoms with Crippen LogP contribution in [0, 0.1) is 0 Å². The fourth-order valence-electron chi connectivity index (χ4n) is 7.21. The first-order valence-electron chi connectivity index (χ1n) is 12.6. The van der Waals surface area contributed by atoms with Crippen molar-refractivity contribution in [2.24, 2.45) is 0 Å². The van der Waals surface area contributed by atoms with Crippen LogP contribution in [0.25, 0.3) is 22.3 Å². The van der Waals surface area contributed by atoms with Crippen molar-refractivity contribution >= 4 is 17.1 Å². The molecule has 0 amide bonds. The van der Waals surface area contributed by atoms with Gasteiger partial charge in [0.05, 0.1) is 11.4 Å². The van der Waals surface area contributed by atoms with Gasteiger partial charge in [-0.2, -0.15) is 0 Å². The van der Waals surface area contributed by atoms with Gasteiger partial charge in [-0.1, -0.05) is 54.6 Å². The normalized spacial score (nSPS) is 14.9. The van der Waals surface area contributed by atoms with Crippen LogP contribution in [0.4, 0.5) is 17.1 Å². The number of nitrogens with zero attached hydrogens (tertiary/aromatic N) is 2. The third kappa shape index (κ3) is 2.23. The Kier molecular flexibility index (Phi) is 3.27. The van der Waals surface area contributed by atoms with Crippen molar-refractivity contribution in [3.8, 4) is 22.3 Å². The molecule has 4 aromatic carbocycles. The highest BCUT2D eigenvalue weighted by atomic mass is 15.2. The highest BCUT2D eigenvalue weighted by molar-refractivity contribution is 5.96. The molecule has 0 bridgehead atoms. The van der Waals surface area contributed by atoms with Gasteiger partial charge in [-0.15, -0.1) is 0 Å². The summed E-state index contributed by atoms with van der Waals surface area (Å²) in [7, 11) is 0. The summed E-state index contributed by atoms with van der Waals surface area (Å²) in [6, 6.07) is 27.4. The summed E-state index contributed by atoms with van der Waals surface area (Å²) in [5.74, 6) is 0. The predicted octanol–water partition coefficient (Wildman–Crippen LogP) is 7.50. The minimum absolute atomic E-state index is 0.962. The van der Waals surface area contributed by atoms with E-state index in [4.69, 9.17) is 0 Å². The number of fused-ring (bicyclic) bond motifs is 12. The molecule has 0 unspecified atom stereocenters. The van der Waals surface area contributed by atoms with Crippen LogP contribution in [-0.2, 0) is 25.7 Å². The zero-order chi connectivity index (χ0) is 22.7. The van der Waals surface area contributed by atoms with E-state index in [1.54, 1.807) is 0 Å². The van der Waals surface area contributed by atoms with E-state index in [0.29, 0.717) is 0 Å². The van der Waals surface area contributed by atoms with E-state index in [0.717, 1.165) is 25.7 Å². The molecular weight excluding hydrogens is 424 g/mol. The first kappa shape index (κ1) is 18.2. The number of rotatable bonds is 0. The molecule has 0 atom stereocenters. The van der Waals surface area contributed by atoms with Crippen molar-refractivity contribution in [2.45, 2.75) is 25.7 Å². The molecule has 0 fully saturated rings. The number of pyridine rings is 1. The van der Waals surface area contributed by atoms with Crippen LogP contribution in [0.5, 0.6) is 0 Å². The van der Waals surface area contributed by atoms with Gasteiger partial charge in [0.25, 0.3) is 0 Å². The largest absolute Gasteiger partial charge is 0.309 e. The molecule has 3 heterocycles. The lowest BCUT2D eigenvalue weighted by Gasteiger charge is -2.40. The zero-order valence-electron chi connectivity index (χ0n) is 19.3. The minimum Gasteiger partial charge on any atom is -0.309 e. The number of anilines is 3. The Balaban J connectivity index is 1.33. The van der Waals surface area contributed by atoms with E-state index >= 15 is 0 Å². The summed E-state index contributed by atoms with van der Waals surface area (Å²) >= 11 is 0. The van der Waals surface area contributed by atoms with Crippen molar-refractivity contribution < 1.29 is 0 Å². The molecule has 1 aromatic heterocycles. The highest BCUT2D eigenvalue weighted by Crippen LogP contribution is 2.56. The first-order chi connectivity index (χ1) is 17.3. The van der Waals surface area contributed by atoms with Gasteiger partial charge in [0, 0.05) is 30.9 Å². The van der Waals surface area contributed by atoms with Gasteiger partial charge in [0.15, 0.2) is 0 Å². The fourth-order valence-corrected chi connectivity index (χ4v) is 7.21. The summed E-state index contributed by atoms with van der Waals surface area (Å²) in [5.41, 5.74) is 21.6. The molecule has 0 saturated heterocycles. The Bertz CT molecular complexity index is 1750. The number of para-hydroxylation sites is 1. The van der Waals surface area contributed by atoms with Gasteiger partial charge < -0.3 is 4.90 Å². The number of benzene rings is 4. The average molecular weight is 447 g/mol. The van der Waals surface area contributed by atoms with Crippen molar-refractivity contribution in [3.63, 3.8) is 0 Å². The fraction of sp³-hybridized carbons (Fsp3) is 0.121. The summed E-state index contributed by atoms with van der Waals surface area (Å²) in [4.78, 5) is 7.03. The SMILES string of the molecule is c1ccc2c(c1)Cc1c-2ccc2c1-c1cc3c4c(c1C2)Cc1cnccc1N4c1ccccc1C3. The molecule has 0 spiro atoms. The maximum atomic E-state index is 4.51. The summed E-state index contributed by atoms with van der Waals surface area (Å²) < 4.78 is 0. The molecule has 0 radical (unpaired) electrons. The molecule has 2 aliphatic heterocycles. The van der Waals surface area contributed by atoms with Crippen molar-refractivity contribution in [1.29, 1.82) is 0 Å². The van der Waals surface area contributed by atoms with Crippen molar-refractivity contribution in [2.75, 3.05) is 4.90 Å². The Labute approximate surface area is 204 Å². The average Bonchev–Trinajstić information content (AvgIpc) is 3.47. The van der Waals surface area contributed by atoms with E-state index in [1.165, 1.54) is 83.8 Å². The Hall–Kier alpha value is -4.17. The maximum absolute atomic E-state index is 4.51. The maximum Gasteiger partial charge on any atom is 0.0535 e. The van der Waals surface area contributed by atoms with Crippen LogP contribution in [0.3, 0.4) is 0 Å². The van der Waals surface area contributed by atoms with E-state index in [2.05, 4.69) is 88.9 Å². The molecule has 2 heteroatoms. The quantitative estimate of drug-likeness (QED) is 0.240. The van der Waals surface area contributed by atoms with Gasteiger partial charge in [-0.3, -0.25) is 4.98 Å². The molecule has 0 N–H and O–H groups in total. The monoisotopic (exact) mass is 446 g/mol. The molecule has 2 nitrogen and oxygen atoms in total. The predicted molar refractivity (Wildman–Crippen MR) is 141 cm³/mol. The molecule has 164 valence electrons. The third-order valence-corrected chi connectivity index (χ3v) is 8.63. The first-order valence-corrected chi connectivity index (χ1v) is 12.6. The molecule has 4 aliphatic rings. The van der Waals surface area contributed by atoms with Crippen LogP contribution >= 0.6 is 0 Å². The third-order valence-electron chi connectivity index (χ3n) is 8.63. The van der Waals surface area contributed by atoms with Crippen LogP contribution in [0.1, 0.15) is 44.5 Å². The van der Waals surface area contributed by atoms with Gasteiger partial charge in [-0.05, 0) is 97.8 Å². The Morgan fingerprint density at radius 2 is 1.34 bits per heavy atom. The zero-order valence-corrected chi connectivity index (χ0v) is 19.3. The molecular formula is C33H22N2. The summed E-state index contributed by atoms with van der Waals surface area (Å²) in [5, 5.41) is 0. The topological polar surface area (TPSA) is 16.1 Å². The lowest BCUT2D eigenvalue weighted by Crippen LogP contribution is -2.25. The lowest BCUT2D eigenvalue weighted by molar-refractivity contribution is 0.984. The van der Waals surface area contributed by atoms with Crippen molar-refractivity contribution in [3.05, 3.63) is 130 Å². The van der Waals surface area contributed by atoms with E-state index < -0.39 is 0 Å². The van der Waals surface area contributed by atoms with Gasteiger partial charge >= 0.3 is 0 Å². The summed E-state index contributed by atoms with van der Waals surface area (Å²) in [6.45, 7) is 0.